The molecule has 4 heterocycles. The number of hydrogen-bond acceptors (Lipinski definition) is 6. The molecular weight excluding hydrogens is 512 g/mol. The average molecular weight is 541 g/mol. The first-order chi connectivity index (χ1) is 19.2. The molecule has 0 aliphatic carbocycles. The van der Waals surface area contributed by atoms with Crippen LogP contribution in [0, 0.1) is 0 Å². The summed E-state index contributed by atoms with van der Waals surface area (Å²) in [7, 11) is 0. The molecule has 0 saturated heterocycles. The number of nitrogens with zero attached hydrogens (tertiary/aromatic N) is 3. The number of imidazole rings is 2. The Bertz CT molecular complexity index is 1750. The molecule has 40 heavy (non-hydrogen) atoms. The van der Waals surface area contributed by atoms with Crippen molar-refractivity contribution in [1.82, 2.24) is 29.8 Å². The van der Waals surface area contributed by atoms with Gasteiger partial charge < -0.3 is 19.7 Å². The Kier molecular flexibility index (Phi) is 6.01. The van der Waals surface area contributed by atoms with Gasteiger partial charge in [-0.25, -0.2) is 14.8 Å². The van der Waals surface area contributed by atoms with Gasteiger partial charge in [-0.15, -0.1) is 0 Å². The van der Waals surface area contributed by atoms with Gasteiger partial charge in [0.05, 0.1) is 17.6 Å². The zero-order chi connectivity index (χ0) is 28.0. The van der Waals surface area contributed by atoms with Crippen LogP contribution in [0.1, 0.15) is 42.4 Å². The number of carbonyl (C=O) groups is 3. The molecule has 3 amide bonds. The summed E-state index contributed by atoms with van der Waals surface area (Å²) in [5.41, 5.74) is 3.31. The molecule has 204 valence electrons. The number of fused-ring (bicyclic) bond motifs is 4. The number of ether oxygens (including phenoxy) is 1. The van der Waals surface area contributed by atoms with Crippen molar-refractivity contribution in [2.24, 2.45) is 0 Å². The van der Waals surface area contributed by atoms with Gasteiger partial charge in [-0.1, -0.05) is 24.3 Å². The van der Waals surface area contributed by atoms with Crippen LogP contribution in [0.5, 0.6) is 0 Å². The van der Waals surface area contributed by atoms with Crippen molar-refractivity contribution in [3.8, 4) is 0 Å². The lowest BCUT2D eigenvalue weighted by Gasteiger charge is -2.35. The average Bonchev–Trinajstić information content (AvgIpc) is 3.64. The highest BCUT2D eigenvalue weighted by molar-refractivity contribution is 6.11. The van der Waals surface area contributed by atoms with Gasteiger partial charge in [0, 0.05) is 35.4 Å². The van der Waals surface area contributed by atoms with Crippen LogP contribution >= 0.6 is 0 Å². The second kappa shape index (κ2) is 9.56. The Labute approximate surface area is 228 Å². The van der Waals surface area contributed by atoms with Crippen LogP contribution in [-0.2, 0) is 22.5 Å². The van der Waals surface area contributed by atoms with Gasteiger partial charge in [0.1, 0.15) is 17.2 Å². The Balaban J connectivity index is 1.29. The lowest BCUT2D eigenvalue weighted by molar-refractivity contribution is -0.122. The molecule has 0 saturated carbocycles. The molecule has 1 atom stereocenters. The monoisotopic (exact) mass is 540 g/mol. The summed E-state index contributed by atoms with van der Waals surface area (Å²) < 4.78 is 5.65. The summed E-state index contributed by atoms with van der Waals surface area (Å²) in [6, 6.07) is 12.1. The van der Waals surface area contributed by atoms with Crippen LogP contribution in [0.15, 0.2) is 54.9 Å². The summed E-state index contributed by atoms with van der Waals surface area (Å²) in [4.78, 5) is 59.0. The molecule has 0 radical (unpaired) electrons. The van der Waals surface area contributed by atoms with E-state index in [2.05, 4.69) is 35.6 Å². The normalized spacial score (nSPS) is 15.2. The number of H-pyrrole nitrogens is 3. The summed E-state index contributed by atoms with van der Waals surface area (Å²) in [6.07, 6.45) is 2.84. The maximum atomic E-state index is 13.7. The van der Waals surface area contributed by atoms with Gasteiger partial charge in [-0.3, -0.25) is 25.1 Å². The van der Waals surface area contributed by atoms with Crippen LogP contribution in [0.25, 0.3) is 21.9 Å². The number of amides is 3. The standard InChI is InChI=1S/C28H28N8O4/c1-28(2,3)40-27(39)36-14-20-17(15-7-4-5-9-18(15)31-20)13-21(36)24(38)35-26-32-19-10-6-8-16(22(19)33-26)23(37)34-25-29-11-12-30-25/h4-12,21,31H,13-14H2,1-3H3,(H2,29,30,34,37)(H2,32,33,35,38)/t21-/m0/s1. The van der Waals surface area contributed by atoms with E-state index in [0.717, 1.165) is 22.2 Å². The molecule has 2 aromatic carbocycles. The van der Waals surface area contributed by atoms with E-state index in [4.69, 9.17) is 4.74 Å². The number of aromatic amines is 3. The van der Waals surface area contributed by atoms with E-state index in [1.165, 1.54) is 11.1 Å². The van der Waals surface area contributed by atoms with Gasteiger partial charge >= 0.3 is 6.09 Å². The smallest absolute Gasteiger partial charge is 0.411 e. The lowest BCUT2D eigenvalue weighted by Crippen LogP contribution is -2.52. The highest BCUT2D eigenvalue weighted by atomic mass is 16.6. The maximum Gasteiger partial charge on any atom is 0.411 e. The van der Waals surface area contributed by atoms with Gasteiger partial charge in [0.15, 0.2) is 0 Å². The molecule has 12 nitrogen and oxygen atoms in total. The Hall–Kier alpha value is -5.13. The Morgan fingerprint density at radius 1 is 1.00 bits per heavy atom. The third-order valence-electron chi connectivity index (χ3n) is 6.66. The Morgan fingerprint density at radius 2 is 1.80 bits per heavy atom. The van der Waals surface area contributed by atoms with Gasteiger partial charge in [0.25, 0.3) is 5.91 Å². The number of anilines is 2. The van der Waals surface area contributed by atoms with E-state index in [9.17, 15) is 14.4 Å². The highest BCUT2D eigenvalue weighted by Gasteiger charge is 2.39. The molecule has 5 N–H and O–H groups in total. The van der Waals surface area contributed by atoms with Crippen LogP contribution in [0.4, 0.5) is 16.7 Å². The molecule has 3 aromatic heterocycles. The molecule has 0 unspecified atom stereocenters. The molecule has 0 fully saturated rings. The van der Waals surface area contributed by atoms with Crippen molar-refractivity contribution < 1.29 is 19.1 Å². The zero-order valence-electron chi connectivity index (χ0n) is 22.2. The fourth-order valence-corrected chi connectivity index (χ4v) is 4.94. The highest BCUT2D eigenvalue weighted by Crippen LogP contribution is 2.32. The number of para-hydroxylation sites is 2. The van der Waals surface area contributed by atoms with Crippen LogP contribution in [0.2, 0.25) is 0 Å². The predicted octanol–water partition coefficient (Wildman–Crippen LogP) is 4.32. The second-order valence-electron chi connectivity index (χ2n) is 10.6. The van der Waals surface area contributed by atoms with Crippen molar-refractivity contribution in [1.29, 1.82) is 0 Å². The SMILES string of the molecule is CC(C)(C)OC(=O)N1Cc2[nH]c3ccccc3c2C[C@H]1C(=O)Nc1nc2c(C(=O)Nc3ncc[nH]3)cccc2[nH]1. The van der Waals surface area contributed by atoms with E-state index in [1.54, 1.807) is 45.2 Å². The van der Waals surface area contributed by atoms with Gasteiger partial charge in [0.2, 0.25) is 17.8 Å². The molecular formula is C28H28N8O4. The molecule has 0 bridgehead atoms. The van der Waals surface area contributed by atoms with Gasteiger partial charge in [-0.2, -0.15) is 0 Å². The second-order valence-corrected chi connectivity index (χ2v) is 10.6. The summed E-state index contributed by atoms with van der Waals surface area (Å²) in [5, 5.41) is 6.51. The first kappa shape index (κ1) is 25.2. The van der Waals surface area contributed by atoms with Crippen molar-refractivity contribution in [2.45, 2.75) is 45.4 Å². The number of nitrogens with one attached hydrogen (secondary N) is 5. The number of benzene rings is 2. The summed E-state index contributed by atoms with van der Waals surface area (Å²) in [6.45, 7) is 5.54. The molecule has 0 spiro atoms. The molecule has 5 aromatic rings. The minimum Gasteiger partial charge on any atom is -0.444 e. The number of hydrogen-bond donors (Lipinski definition) is 5. The van der Waals surface area contributed by atoms with Crippen molar-refractivity contribution in [2.75, 3.05) is 10.6 Å². The number of rotatable bonds is 4. The topological polar surface area (TPSA) is 161 Å². The van der Waals surface area contributed by atoms with E-state index in [0.29, 0.717) is 29.0 Å². The first-order valence-corrected chi connectivity index (χ1v) is 12.8. The molecule has 1 aliphatic heterocycles. The van der Waals surface area contributed by atoms with Crippen LogP contribution < -0.4 is 10.6 Å². The van der Waals surface area contributed by atoms with E-state index >= 15 is 0 Å². The van der Waals surface area contributed by atoms with Crippen LogP contribution in [-0.4, -0.2) is 59.4 Å². The summed E-state index contributed by atoms with van der Waals surface area (Å²) >= 11 is 0. The minimum atomic E-state index is -0.850. The molecule has 6 rings (SSSR count). The molecule has 1 aliphatic rings. The fraction of sp³-hybridized carbons (Fsp3) is 0.250. The van der Waals surface area contributed by atoms with E-state index < -0.39 is 29.6 Å². The van der Waals surface area contributed by atoms with E-state index in [1.807, 2.05) is 24.3 Å². The molecule has 12 heteroatoms. The largest absolute Gasteiger partial charge is 0.444 e. The third-order valence-corrected chi connectivity index (χ3v) is 6.66. The minimum absolute atomic E-state index is 0.159. The van der Waals surface area contributed by atoms with Crippen molar-refractivity contribution in [3.63, 3.8) is 0 Å². The summed E-state index contributed by atoms with van der Waals surface area (Å²) in [5.74, 6) is -0.364. The Morgan fingerprint density at radius 3 is 2.58 bits per heavy atom. The number of aromatic nitrogens is 5. The first-order valence-electron chi connectivity index (χ1n) is 12.8. The predicted molar refractivity (Wildman–Crippen MR) is 149 cm³/mol. The van der Waals surface area contributed by atoms with Crippen molar-refractivity contribution >= 4 is 51.7 Å². The van der Waals surface area contributed by atoms with Crippen molar-refractivity contribution in [3.05, 3.63) is 71.7 Å². The van der Waals surface area contributed by atoms with Gasteiger partial charge in [-0.05, 0) is 44.5 Å². The lowest BCUT2D eigenvalue weighted by atomic mass is 9.96. The van der Waals surface area contributed by atoms with Crippen LogP contribution in [0.3, 0.4) is 0 Å². The fourth-order valence-electron chi connectivity index (χ4n) is 4.94. The third kappa shape index (κ3) is 4.75. The maximum absolute atomic E-state index is 13.7. The quantitative estimate of drug-likeness (QED) is 0.228. The number of carbonyl (C=O) groups excluding carboxylic acids is 3. The van der Waals surface area contributed by atoms with E-state index in [-0.39, 0.29) is 12.5 Å². The zero-order valence-corrected chi connectivity index (χ0v) is 22.2.